The third-order valence-corrected chi connectivity index (χ3v) is 14.7. The van der Waals surface area contributed by atoms with E-state index >= 15 is 0 Å². The first-order valence-corrected chi connectivity index (χ1v) is 23.3. The minimum absolute atomic E-state index is 0.117. The number of aliphatic hydroxyl groups is 1. The number of rotatable bonds is 10. The summed E-state index contributed by atoms with van der Waals surface area (Å²) < 4.78 is 20.0. The van der Waals surface area contributed by atoms with Gasteiger partial charge in [0.15, 0.2) is 0 Å². The van der Waals surface area contributed by atoms with Crippen molar-refractivity contribution >= 4 is 35.3 Å². The molecule has 7 heterocycles. The highest BCUT2D eigenvalue weighted by Crippen LogP contribution is 2.40. The molecule has 2 unspecified atom stereocenters. The first kappa shape index (κ1) is 46.1. The van der Waals surface area contributed by atoms with E-state index in [2.05, 4.69) is 25.3 Å². The molecule has 0 bridgehead atoms. The van der Waals surface area contributed by atoms with Crippen molar-refractivity contribution in [2.45, 2.75) is 69.5 Å². The Kier molecular flexibility index (Phi) is 13.0. The zero-order valence-corrected chi connectivity index (χ0v) is 38.8. The predicted molar refractivity (Wildman–Crippen MR) is 246 cm³/mol. The van der Waals surface area contributed by atoms with Crippen LogP contribution in [-0.4, -0.2) is 175 Å². The molecule has 6 amide bonds. The first-order valence-electron chi connectivity index (χ1n) is 23.3. The van der Waals surface area contributed by atoms with E-state index in [1.807, 2.05) is 29.3 Å². The van der Waals surface area contributed by atoms with Crippen LogP contribution < -0.4 is 30.6 Å². The lowest BCUT2D eigenvalue weighted by Gasteiger charge is -2.47. The summed E-state index contributed by atoms with van der Waals surface area (Å²) in [5, 5.41) is 15.5. The van der Waals surface area contributed by atoms with Crippen molar-refractivity contribution in [2.24, 2.45) is 7.05 Å². The summed E-state index contributed by atoms with van der Waals surface area (Å²) in [4.78, 5) is 89.3. The lowest BCUT2D eigenvalue weighted by molar-refractivity contribution is -0.160. The lowest BCUT2D eigenvalue weighted by Crippen LogP contribution is -2.58. The summed E-state index contributed by atoms with van der Waals surface area (Å²) in [5.74, 6) is 0.265. The molecule has 0 saturated carbocycles. The van der Waals surface area contributed by atoms with E-state index in [4.69, 9.17) is 14.2 Å². The standard InChI is InChI=1S/C48H61N9O10/c1-49-47(64)55-14-9-32-35(26-51(2)44(61)36(32)28-55)30-23-39(65-3)37(40(24-30)66-4)27-53-15-11-48(12-16-53)29-56(21-22-67-48)42(59)10-13-52-17-19-54(20-18-52)31-5-6-33-34(25-31)46(63)57(45(33)62)38-7-8-41(58)50-43(38)60/h5-6,23-26,38,43,60H,7-22,27-29H2,1-4H3,(H,49,64)(H,50,58). The Balaban J connectivity index is 0.770. The van der Waals surface area contributed by atoms with Crippen LogP contribution in [0.1, 0.15) is 69.5 Å². The molecule has 0 radical (unpaired) electrons. The van der Waals surface area contributed by atoms with Gasteiger partial charge in [-0.15, -0.1) is 0 Å². The van der Waals surface area contributed by atoms with Crippen LogP contribution in [0.15, 0.2) is 41.3 Å². The Morgan fingerprint density at radius 1 is 0.851 bits per heavy atom. The van der Waals surface area contributed by atoms with Gasteiger partial charge in [0, 0.05) is 122 Å². The number of aliphatic hydroxyl groups excluding tert-OH is 1. The highest BCUT2D eigenvalue weighted by atomic mass is 16.5. The first-order chi connectivity index (χ1) is 32.3. The Bertz CT molecular complexity index is 2490. The van der Waals surface area contributed by atoms with Gasteiger partial charge in [0.1, 0.15) is 17.7 Å². The van der Waals surface area contributed by atoms with Crippen LogP contribution in [0.4, 0.5) is 10.5 Å². The average Bonchev–Trinajstić information content (AvgIpc) is 3.59. The summed E-state index contributed by atoms with van der Waals surface area (Å²) in [7, 11) is 6.63. The number of urea groups is 1. The summed E-state index contributed by atoms with van der Waals surface area (Å²) in [6.07, 6.45) is 3.41. The molecule has 358 valence electrons. The molecule has 2 aromatic carbocycles. The molecule has 6 aliphatic rings. The maximum Gasteiger partial charge on any atom is 0.317 e. The molecule has 1 spiro atoms. The number of piperazine rings is 1. The van der Waals surface area contributed by atoms with Crippen LogP contribution >= 0.6 is 0 Å². The number of nitrogens with one attached hydrogen (secondary N) is 2. The number of aryl methyl sites for hydroxylation is 1. The molecule has 19 heteroatoms. The number of hydrogen-bond donors (Lipinski definition) is 3. The van der Waals surface area contributed by atoms with Crippen molar-refractivity contribution < 1.29 is 43.3 Å². The van der Waals surface area contributed by atoms with Crippen LogP contribution in [0, 0.1) is 0 Å². The smallest absolute Gasteiger partial charge is 0.317 e. The Labute approximate surface area is 389 Å². The molecule has 67 heavy (non-hydrogen) atoms. The number of benzene rings is 2. The number of anilines is 1. The summed E-state index contributed by atoms with van der Waals surface area (Å²) in [5.41, 5.74) is 5.16. The number of methoxy groups -OCH3 is 2. The number of piperidine rings is 2. The second kappa shape index (κ2) is 18.9. The second-order valence-electron chi connectivity index (χ2n) is 18.5. The number of carbonyl (C=O) groups is 5. The maximum atomic E-state index is 13.7. The molecule has 19 nitrogen and oxygen atoms in total. The van der Waals surface area contributed by atoms with E-state index in [1.54, 1.807) is 49.9 Å². The molecule has 3 N–H and O–H groups in total. The molecule has 4 fully saturated rings. The molecule has 4 saturated heterocycles. The van der Waals surface area contributed by atoms with E-state index in [-0.39, 0.29) is 42.8 Å². The Morgan fingerprint density at radius 3 is 2.25 bits per heavy atom. The number of ether oxygens (including phenoxy) is 3. The van der Waals surface area contributed by atoms with E-state index < -0.39 is 29.7 Å². The van der Waals surface area contributed by atoms with Gasteiger partial charge in [-0.05, 0) is 67.1 Å². The number of amides is 6. The number of fused-ring (bicyclic) bond motifs is 2. The molecule has 9 rings (SSSR count). The van der Waals surface area contributed by atoms with E-state index in [0.29, 0.717) is 93.5 Å². The van der Waals surface area contributed by atoms with Gasteiger partial charge in [0.2, 0.25) is 11.8 Å². The van der Waals surface area contributed by atoms with E-state index in [1.165, 1.54) is 0 Å². The average molecular weight is 924 g/mol. The van der Waals surface area contributed by atoms with E-state index in [9.17, 15) is 33.9 Å². The molecule has 2 atom stereocenters. The van der Waals surface area contributed by atoms with E-state index in [0.717, 1.165) is 71.9 Å². The number of carbonyl (C=O) groups excluding carboxylic acids is 5. The molecular formula is C48H61N9O10. The van der Waals surface area contributed by atoms with Crippen molar-refractivity contribution in [3.8, 4) is 22.6 Å². The predicted octanol–water partition coefficient (Wildman–Crippen LogP) is 1.37. The minimum Gasteiger partial charge on any atom is -0.496 e. The van der Waals surface area contributed by atoms with Crippen LogP contribution in [0.5, 0.6) is 11.5 Å². The quantitative estimate of drug-likeness (QED) is 0.247. The van der Waals surface area contributed by atoms with Gasteiger partial charge in [-0.2, -0.15) is 0 Å². The number of pyridine rings is 1. The van der Waals surface area contributed by atoms with Gasteiger partial charge < -0.3 is 49.2 Å². The minimum atomic E-state index is -1.30. The van der Waals surface area contributed by atoms with Crippen LogP contribution in [-0.2, 0) is 40.9 Å². The maximum absolute atomic E-state index is 13.7. The van der Waals surface area contributed by atoms with Gasteiger partial charge in [-0.1, -0.05) is 0 Å². The Hall–Kier alpha value is -6.02. The van der Waals surface area contributed by atoms with Crippen LogP contribution in [0.2, 0.25) is 0 Å². The highest BCUT2D eigenvalue weighted by Gasteiger charge is 2.45. The summed E-state index contributed by atoms with van der Waals surface area (Å²) >= 11 is 0. The molecule has 6 aliphatic heterocycles. The largest absolute Gasteiger partial charge is 0.496 e. The van der Waals surface area contributed by atoms with Gasteiger partial charge >= 0.3 is 6.03 Å². The third kappa shape index (κ3) is 8.96. The van der Waals surface area contributed by atoms with Crippen molar-refractivity contribution in [1.29, 1.82) is 0 Å². The molecular weight excluding hydrogens is 863 g/mol. The number of likely N-dealkylation sites (tertiary alicyclic amines) is 1. The fourth-order valence-corrected chi connectivity index (χ4v) is 10.8. The van der Waals surface area contributed by atoms with Crippen molar-refractivity contribution in [2.75, 3.05) is 98.2 Å². The highest BCUT2D eigenvalue weighted by molar-refractivity contribution is 6.22. The monoisotopic (exact) mass is 923 g/mol. The molecule has 1 aromatic heterocycles. The van der Waals surface area contributed by atoms with Crippen molar-refractivity contribution in [3.05, 3.63) is 74.7 Å². The topological polar surface area (TPSA) is 199 Å². The Morgan fingerprint density at radius 2 is 1.57 bits per heavy atom. The number of imide groups is 1. The summed E-state index contributed by atoms with van der Waals surface area (Å²) in [6.45, 7) is 8.02. The number of morpholine rings is 1. The SMILES string of the molecule is CNC(=O)N1CCc2c(-c3cc(OC)c(CN4CCC5(CC4)CN(C(=O)CCN4CCN(c6ccc7c(c6)C(=O)N(C6CCC(=O)NC6O)C7=O)CC4)CCO5)c(OC)c3)cn(C)c(=O)c2C1. The molecule has 3 aromatic rings. The van der Waals surface area contributed by atoms with Crippen LogP contribution in [0.25, 0.3) is 11.1 Å². The summed E-state index contributed by atoms with van der Waals surface area (Å²) in [6, 6.07) is 8.27. The van der Waals surface area contributed by atoms with Crippen molar-refractivity contribution in [3.63, 3.8) is 0 Å². The zero-order valence-electron chi connectivity index (χ0n) is 38.8. The molecule has 0 aliphatic carbocycles. The number of aromatic nitrogens is 1. The fraction of sp³-hybridized carbons (Fsp3) is 0.542. The van der Waals surface area contributed by atoms with Gasteiger partial charge in [-0.3, -0.25) is 38.7 Å². The second-order valence-corrected chi connectivity index (χ2v) is 18.5. The lowest BCUT2D eigenvalue weighted by atomic mass is 9.88. The zero-order chi connectivity index (χ0) is 47.1. The third-order valence-electron chi connectivity index (χ3n) is 14.7. The van der Waals surface area contributed by atoms with Gasteiger partial charge in [0.25, 0.3) is 17.4 Å². The van der Waals surface area contributed by atoms with Crippen LogP contribution in [0.3, 0.4) is 0 Å². The van der Waals surface area contributed by atoms with Crippen molar-refractivity contribution in [1.82, 2.24) is 39.7 Å². The van der Waals surface area contributed by atoms with Gasteiger partial charge in [0.05, 0.1) is 55.7 Å². The van der Waals surface area contributed by atoms with Gasteiger partial charge in [-0.25, -0.2) is 4.79 Å². The normalized spacial score (nSPS) is 22.1. The fourth-order valence-electron chi connectivity index (χ4n) is 10.8. The number of hydrogen-bond acceptors (Lipinski definition) is 13. The number of nitrogens with zero attached hydrogens (tertiary/aromatic N) is 7.